The van der Waals surface area contributed by atoms with Crippen molar-refractivity contribution in [2.75, 3.05) is 13.1 Å². The van der Waals surface area contributed by atoms with Gasteiger partial charge >= 0.3 is 6.09 Å². The van der Waals surface area contributed by atoms with E-state index >= 15 is 0 Å². The maximum atomic E-state index is 12.1. The lowest BCUT2D eigenvalue weighted by Crippen LogP contribution is -2.35. The summed E-state index contributed by atoms with van der Waals surface area (Å²) in [4.78, 5) is 13.8. The van der Waals surface area contributed by atoms with E-state index in [1.54, 1.807) is 15.8 Å². The summed E-state index contributed by atoms with van der Waals surface area (Å²) in [5.74, 6) is -0.0627. The summed E-state index contributed by atoms with van der Waals surface area (Å²) in [6.45, 7) is 9.33. The molecule has 1 aromatic rings. The molecule has 2 rings (SSSR count). The molecule has 1 aliphatic heterocycles. The summed E-state index contributed by atoms with van der Waals surface area (Å²) in [6.07, 6.45) is 2.13. The summed E-state index contributed by atoms with van der Waals surface area (Å²) in [7, 11) is 0. The first-order valence-corrected chi connectivity index (χ1v) is 8.48. The predicted octanol–water partition coefficient (Wildman–Crippen LogP) is 3.24. The van der Waals surface area contributed by atoms with Crippen molar-refractivity contribution in [3.8, 4) is 0 Å². The fourth-order valence-corrected chi connectivity index (χ4v) is 3.07. The van der Waals surface area contributed by atoms with Gasteiger partial charge in [0.05, 0.1) is 16.9 Å². The van der Waals surface area contributed by atoms with E-state index in [0.717, 1.165) is 6.42 Å². The zero-order valence-corrected chi connectivity index (χ0v) is 15.0. The van der Waals surface area contributed by atoms with Crippen molar-refractivity contribution in [2.24, 2.45) is 5.92 Å². The third-order valence-corrected chi connectivity index (χ3v) is 4.16. The van der Waals surface area contributed by atoms with Crippen molar-refractivity contribution in [3.63, 3.8) is 0 Å². The molecule has 0 radical (unpaired) electrons. The topological polar surface area (TPSA) is 67.6 Å². The normalized spacial score (nSPS) is 19.9. The number of ether oxygens (including phenoxy) is 1. The quantitative estimate of drug-likeness (QED) is 0.911. The smallest absolute Gasteiger partial charge is 0.410 e. The van der Waals surface area contributed by atoms with E-state index < -0.39 is 11.7 Å². The van der Waals surface area contributed by atoms with Crippen LogP contribution in [0, 0.1) is 5.92 Å². The summed E-state index contributed by atoms with van der Waals surface area (Å²) >= 11 is 6.19. The number of nitrogens with zero attached hydrogens (tertiary/aromatic N) is 3. The molecule has 130 valence electrons. The number of hydrogen-bond acceptors (Lipinski definition) is 4. The standard InChI is InChI=1S/C16H26ClN3O3/c1-5-7-20-13(12(17)9-18-20)14(21)11-6-8-19(10-11)15(22)23-16(2,3)4/h9,11,14,21H,5-8,10H2,1-4H3. The molecule has 0 saturated carbocycles. The van der Waals surface area contributed by atoms with Crippen LogP contribution < -0.4 is 0 Å². The van der Waals surface area contributed by atoms with Crippen LogP contribution in [0.15, 0.2) is 6.20 Å². The lowest BCUT2D eigenvalue weighted by Gasteiger charge is -2.25. The molecule has 7 heteroatoms. The molecule has 0 aliphatic carbocycles. The van der Waals surface area contributed by atoms with E-state index in [2.05, 4.69) is 5.10 Å². The third kappa shape index (κ3) is 4.38. The van der Waals surface area contributed by atoms with Gasteiger partial charge in [0.25, 0.3) is 0 Å². The molecule has 2 atom stereocenters. The number of aliphatic hydroxyl groups is 1. The Bertz CT molecular complexity index is 553. The number of aliphatic hydroxyl groups excluding tert-OH is 1. The van der Waals surface area contributed by atoms with E-state index in [4.69, 9.17) is 16.3 Å². The molecule has 1 aliphatic rings. The second kappa shape index (κ2) is 7.09. The number of aromatic nitrogens is 2. The molecule has 1 aromatic heterocycles. The summed E-state index contributed by atoms with van der Waals surface area (Å²) in [6, 6.07) is 0. The molecule has 1 fully saturated rings. The van der Waals surface area contributed by atoms with Gasteiger partial charge in [-0.3, -0.25) is 4.68 Å². The minimum atomic E-state index is -0.732. The van der Waals surface area contributed by atoms with Crippen molar-refractivity contribution >= 4 is 17.7 Å². The second-order valence-electron chi connectivity index (χ2n) is 7.02. The van der Waals surface area contributed by atoms with Gasteiger partial charge in [-0.25, -0.2) is 4.79 Å². The predicted molar refractivity (Wildman–Crippen MR) is 88.4 cm³/mol. The molecule has 0 aromatic carbocycles. The largest absolute Gasteiger partial charge is 0.444 e. The molecule has 1 N–H and O–H groups in total. The Balaban J connectivity index is 2.04. The number of rotatable bonds is 4. The maximum absolute atomic E-state index is 12.1. The van der Waals surface area contributed by atoms with Gasteiger partial charge in [-0.15, -0.1) is 0 Å². The fraction of sp³-hybridized carbons (Fsp3) is 0.750. The van der Waals surface area contributed by atoms with Gasteiger partial charge in [-0.1, -0.05) is 18.5 Å². The molecule has 1 amide bonds. The number of carbonyl (C=O) groups excluding carboxylic acids is 1. The molecular weight excluding hydrogens is 318 g/mol. The number of likely N-dealkylation sites (tertiary alicyclic amines) is 1. The highest BCUT2D eigenvalue weighted by Gasteiger charge is 2.35. The van der Waals surface area contributed by atoms with Gasteiger partial charge in [-0.2, -0.15) is 5.10 Å². The highest BCUT2D eigenvalue weighted by atomic mass is 35.5. The van der Waals surface area contributed by atoms with Crippen LogP contribution >= 0.6 is 11.6 Å². The van der Waals surface area contributed by atoms with E-state index in [1.165, 1.54) is 0 Å². The monoisotopic (exact) mass is 343 g/mol. The van der Waals surface area contributed by atoms with Crippen LogP contribution in [0.2, 0.25) is 5.02 Å². The number of hydrogen-bond donors (Lipinski definition) is 1. The SMILES string of the molecule is CCCn1ncc(Cl)c1C(O)C1CCN(C(=O)OC(C)(C)C)C1. The van der Waals surface area contributed by atoms with Gasteiger partial charge in [0, 0.05) is 25.6 Å². The van der Waals surface area contributed by atoms with Gasteiger partial charge in [0.2, 0.25) is 0 Å². The molecule has 1 saturated heterocycles. The van der Waals surface area contributed by atoms with Gasteiger partial charge in [0.15, 0.2) is 0 Å². The number of amides is 1. The van der Waals surface area contributed by atoms with Crippen LogP contribution in [0.5, 0.6) is 0 Å². The van der Waals surface area contributed by atoms with E-state index in [1.807, 2.05) is 27.7 Å². The minimum absolute atomic E-state index is 0.0627. The van der Waals surface area contributed by atoms with E-state index in [0.29, 0.717) is 36.8 Å². The first kappa shape index (κ1) is 18.1. The molecule has 0 spiro atoms. The van der Waals surface area contributed by atoms with Crippen molar-refractivity contribution in [3.05, 3.63) is 16.9 Å². The Morgan fingerprint density at radius 2 is 2.26 bits per heavy atom. The first-order chi connectivity index (χ1) is 10.7. The average molecular weight is 344 g/mol. The Morgan fingerprint density at radius 3 is 2.87 bits per heavy atom. The molecule has 2 heterocycles. The Morgan fingerprint density at radius 1 is 1.57 bits per heavy atom. The van der Waals surface area contributed by atoms with Crippen molar-refractivity contribution in [1.82, 2.24) is 14.7 Å². The summed E-state index contributed by atoms with van der Waals surface area (Å²) in [5.41, 5.74) is 0.126. The van der Waals surface area contributed by atoms with Crippen LogP contribution in [0.4, 0.5) is 4.79 Å². The van der Waals surface area contributed by atoms with Gasteiger partial charge in [0.1, 0.15) is 11.7 Å². The first-order valence-electron chi connectivity index (χ1n) is 8.10. The Labute approximate surface area is 142 Å². The zero-order valence-electron chi connectivity index (χ0n) is 14.3. The Hall–Kier alpha value is -1.27. The summed E-state index contributed by atoms with van der Waals surface area (Å²) in [5, 5.41) is 15.4. The van der Waals surface area contributed by atoms with E-state index in [9.17, 15) is 9.90 Å². The van der Waals surface area contributed by atoms with Crippen LogP contribution in [-0.4, -0.2) is 44.6 Å². The van der Waals surface area contributed by atoms with Crippen molar-refractivity contribution in [2.45, 2.75) is 58.8 Å². The van der Waals surface area contributed by atoms with Crippen LogP contribution in [0.1, 0.15) is 52.3 Å². The molecule has 2 unspecified atom stereocenters. The number of carbonyl (C=O) groups is 1. The second-order valence-corrected chi connectivity index (χ2v) is 7.43. The van der Waals surface area contributed by atoms with Crippen LogP contribution in [0.25, 0.3) is 0 Å². The summed E-state index contributed by atoms with van der Waals surface area (Å²) < 4.78 is 7.14. The van der Waals surface area contributed by atoms with Crippen molar-refractivity contribution < 1.29 is 14.6 Å². The minimum Gasteiger partial charge on any atom is -0.444 e. The zero-order chi connectivity index (χ0) is 17.2. The molecule has 23 heavy (non-hydrogen) atoms. The third-order valence-electron chi connectivity index (χ3n) is 3.87. The van der Waals surface area contributed by atoms with E-state index in [-0.39, 0.29) is 12.0 Å². The van der Waals surface area contributed by atoms with Crippen LogP contribution in [0.3, 0.4) is 0 Å². The lowest BCUT2D eigenvalue weighted by atomic mass is 9.99. The highest BCUT2D eigenvalue weighted by Crippen LogP contribution is 2.34. The Kier molecular flexibility index (Phi) is 5.57. The lowest BCUT2D eigenvalue weighted by molar-refractivity contribution is 0.0265. The van der Waals surface area contributed by atoms with Crippen molar-refractivity contribution in [1.29, 1.82) is 0 Å². The average Bonchev–Trinajstić information content (AvgIpc) is 3.04. The molecule has 6 nitrogen and oxygen atoms in total. The van der Waals surface area contributed by atoms with Gasteiger partial charge < -0.3 is 14.7 Å². The molecular formula is C16H26ClN3O3. The highest BCUT2D eigenvalue weighted by molar-refractivity contribution is 6.31. The maximum Gasteiger partial charge on any atom is 0.410 e. The number of halogens is 1. The van der Waals surface area contributed by atoms with Crippen LogP contribution in [-0.2, 0) is 11.3 Å². The molecule has 0 bridgehead atoms. The van der Waals surface area contributed by atoms with Gasteiger partial charge in [-0.05, 0) is 33.6 Å². The fourth-order valence-electron chi connectivity index (χ4n) is 2.82. The number of aryl methyl sites for hydroxylation is 1.